The maximum atomic E-state index is 13.7. The molecule has 20 heavy (non-hydrogen) atoms. The summed E-state index contributed by atoms with van der Waals surface area (Å²) in [5, 5.41) is 3.90. The summed E-state index contributed by atoms with van der Waals surface area (Å²) in [6.45, 7) is 0.551. The van der Waals surface area contributed by atoms with E-state index in [-0.39, 0.29) is 5.82 Å². The number of hydrogen-bond acceptors (Lipinski definition) is 1. The van der Waals surface area contributed by atoms with Gasteiger partial charge in [-0.3, -0.25) is 0 Å². The molecule has 1 aliphatic carbocycles. The molecule has 0 amide bonds. The summed E-state index contributed by atoms with van der Waals surface area (Å²) in [4.78, 5) is 0. The molecular formula is C17H17ClFN. The van der Waals surface area contributed by atoms with Gasteiger partial charge in [-0.15, -0.1) is 0 Å². The number of aryl methyl sites for hydroxylation is 1. The maximum absolute atomic E-state index is 13.7. The van der Waals surface area contributed by atoms with Gasteiger partial charge in [0.15, 0.2) is 0 Å². The van der Waals surface area contributed by atoms with Crippen LogP contribution in [0.3, 0.4) is 0 Å². The van der Waals surface area contributed by atoms with Gasteiger partial charge in [0.25, 0.3) is 0 Å². The van der Waals surface area contributed by atoms with Crippen molar-refractivity contribution < 1.29 is 4.39 Å². The Labute approximate surface area is 123 Å². The molecule has 3 rings (SSSR count). The Bertz CT molecular complexity index is 612. The van der Waals surface area contributed by atoms with Crippen LogP contribution in [-0.2, 0) is 19.4 Å². The lowest BCUT2D eigenvalue weighted by Crippen LogP contribution is -2.34. The van der Waals surface area contributed by atoms with Crippen LogP contribution >= 0.6 is 11.6 Å². The van der Waals surface area contributed by atoms with Crippen LogP contribution in [-0.4, -0.2) is 6.04 Å². The SMILES string of the molecule is Fc1cc(Cl)ccc1CNC1CCc2ccccc2C1. The minimum absolute atomic E-state index is 0.235. The molecule has 2 aromatic rings. The van der Waals surface area contributed by atoms with Gasteiger partial charge in [-0.25, -0.2) is 4.39 Å². The maximum Gasteiger partial charge on any atom is 0.129 e. The molecule has 0 heterocycles. The predicted molar refractivity (Wildman–Crippen MR) is 80.5 cm³/mol. The molecule has 2 aromatic carbocycles. The minimum Gasteiger partial charge on any atom is -0.309 e. The fraction of sp³-hybridized carbons (Fsp3) is 0.294. The molecule has 1 aliphatic rings. The average molecular weight is 290 g/mol. The summed E-state index contributed by atoms with van der Waals surface area (Å²) in [6.07, 6.45) is 3.22. The van der Waals surface area contributed by atoms with E-state index in [1.165, 1.54) is 17.2 Å². The molecule has 1 N–H and O–H groups in total. The Hall–Kier alpha value is -1.38. The zero-order valence-corrected chi connectivity index (χ0v) is 12.0. The number of fused-ring (bicyclic) bond motifs is 1. The lowest BCUT2D eigenvalue weighted by molar-refractivity contribution is 0.451. The zero-order chi connectivity index (χ0) is 13.9. The highest BCUT2D eigenvalue weighted by molar-refractivity contribution is 6.30. The number of halogens is 2. The largest absolute Gasteiger partial charge is 0.309 e. The Balaban J connectivity index is 1.63. The van der Waals surface area contributed by atoms with Crippen molar-refractivity contribution in [1.82, 2.24) is 5.32 Å². The van der Waals surface area contributed by atoms with Gasteiger partial charge in [0.2, 0.25) is 0 Å². The van der Waals surface area contributed by atoms with Gasteiger partial charge in [-0.05, 0) is 42.5 Å². The molecule has 0 bridgehead atoms. The second-order valence-electron chi connectivity index (χ2n) is 5.33. The van der Waals surface area contributed by atoms with E-state index in [0.717, 1.165) is 19.3 Å². The summed E-state index contributed by atoms with van der Waals surface area (Å²) in [5.41, 5.74) is 3.53. The minimum atomic E-state index is -0.235. The van der Waals surface area contributed by atoms with Crippen molar-refractivity contribution >= 4 is 11.6 Å². The molecule has 1 nitrogen and oxygen atoms in total. The molecule has 0 aliphatic heterocycles. The molecule has 3 heteroatoms. The van der Waals surface area contributed by atoms with Gasteiger partial charge in [0, 0.05) is 23.2 Å². The van der Waals surface area contributed by atoms with Crippen LogP contribution < -0.4 is 5.32 Å². The molecule has 1 unspecified atom stereocenters. The van der Waals surface area contributed by atoms with Crippen molar-refractivity contribution in [2.75, 3.05) is 0 Å². The highest BCUT2D eigenvalue weighted by Gasteiger charge is 2.17. The fourth-order valence-corrected chi connectivity index (χ4v) is 2.95. The third-order valence-electron chi connectivity index (χ3n) is 3.94. The van der Waals surface area contributed by atoms with E-state index in [9.17, 15) is 4.39 Å². The first-order valence-electron chi connectivity index (χ1n) is 6.96. The lowest BCUT2D eigenvalue weighted by atomic mass is 9.88. The normalized spacial score (nSPS) is 17.8. The highest BCUT2D eigenvalue weighted by atomic mass is 35.5. The average Bonchev–Trinajstić information content (AvgIpc) is 2.46. The topological polar surface area (TPSA) is 12.0 Å². The van der Waals surface area contributed by atoms with Gasteiger partial charge in [0.1, 0.15) is 5.82 Å². The van der Waals surface area contributed by atoms with Crippen LogP contribution in [0.25, 0.3) is 0 Å². The van der Waals surface area contributed by atoms with Crippen LogP contribution in [0.15, 0.2) is 42.5 Å². The second kappa shape index (κ2) is 5.94. The van der Waals surface area contributed by atoms with Crippen LogP contribution in [0.4, 0.5) is 4.39 Å². The van der Waals surface area contributed by atoms with Crippen molar-refractivity contribution in [3.8, 4) is 0 Å². The van der Waals surface area contributed by atoms with E-state index in [0.29, 0.717) is 23.2 Å². The van der Waals surface area contributed by atoms with E-state index >= 15 is 0 Å². The third-order valence-corrected chi connectivity index (χ3v) is 4.18. The summed E-state index contributed by atoms with van der Waals surface area (Å²) in [7, 11) is 0. The van der Waals surface area contributed by atoms with E-state index < -0.39 is 0 Å². The third kappa shape index (κ3) is 3.02. The Morgan fingerprint density at radius 2 is 1.95 bits per heavy atom. The quantitative estimate of drug-likeness (QED) is 0.896. The molecule has 104 valence electrons. The van der Waals surface area contributed by atoms with Crippen molar-refractivity contribution in [3.63, 3.8) is 0 Å². The lowest BCUT2D eigenvalue weighted by Gasteiger charge is -2.25. The molecule has 0 aromatic heterocycles. The first-order chi connectivity index (χ1) is 9.72. The first-order valence-corrected chi connectivity index (χ1v) is 7.34. The van der Waals surface area contributed by atoms with Gasteiger partial charge >= 0.3 is 0 Å². The summed E-state index contributed by atoms with van der Waals surface area (Å²) < 4.78 is 13.7. The van der Waals surface area contributed by atoms with E-state index in [2.05, 4.69) is 29.6 Å². The predicted octanol–water partition coefficient (Wildman–Crippen LogP) is 4.13. The zero-order valence-electron chi connectivity index (χ0n) is 11.2. The number of benzene rings is 2. The monoisotopic (exact) mass is 289 g/mol. The van der Waals surface area contributed by atoms with Gasteiger partial charge in [-0.2, -0.15) is 0 Å². The molecule has 0 saturated carbocycles. The Kier molecular flexibility index (Phi) is 4.04. The molecule has 1 atom stereocenters. The molecule has 0 spiro atoms. The van der Waals surface area contributed by atoms with Crippen LogP contribution in [0.2, 0.25) is 5.02 Å². The smallest absolute Gasteiger partial charge is 0.129 e. The number of nitrogens with one attached hydrogen (secondary N) is 1. The standard InChI is InChI=1S/C17H17ClFN/c18-15-7-5-14(17(19)10-15)11-20-16-8-6-12-3-1-2-4-13(12)9-16/h1-5,7,10,16,20H,6,8-9,11H2. The van der Waals surface area contributed by atoms with E-state index in [1.807, 2.05) is 0 Å². The number of hydrogen-bond donors (Lipinski definition) is 1. The van der Waals surface area contributed by atoms with Crippen molar-refractivity contribution in [2.45, 2.75) is 31.8 Å². The van der Waals surface area contributed by atoms with Gasteiger partial charge < -0.3 is 5.32 Å². The second-order valence-corrected chi connectivity index (χ2v) is 5.76. The fourth-order valence-electron chi connectivity index (χ4n) is 2.79. The number of rotatable bonds is 3. The first kappa shape index (κ1) is 13.6. The molecule has 0 fully saturated rings. The van der Waals surface area contributed by atoms with E-state index in [1.54, 1.807) is 12.1 Å². The Morgan fingerprint density at radius 1 is 1.15 bits per heavy atom. The van der Waals surface area contributed by atoms with Crippen molar-refractivity contribution in [2.24, 2.45) is 0 Å². The highest BCUT2D eigenvalue weighted by Crippen LogP contribution is 2.21. The van der Waals surface area contributed by atoms with Crippen LogP contribution in [0.5, 0.6) is 0 Å². The molecule has 0 radical (unpaired) electrons. The Morgan fingerprint density at radius 3 is 2.75 bits per heavy atom. The summed E-state index contributed by atoms with van der Waals surface area (Å²) in [6, 6.07) is 13.8. The van der Waals surface area contributed by atoms with Crippen molar-refractivity contribution in [1.29, 1.82) is 0 Å². The molecule has 0 saturated heterocycles. The summed E-state index contributed by atoms with van der Waals surface area (Å²) >= 11 is 5.76. The van der Waals surface area contributed by atoms with E-state index in [4.69, 9.17) is 11.6 Å². The van der Waals surface area contributed by atoms with Crippen LogP contribution in [0.1, 0.15) is 23.1 Å². The molecular weight excluding hydrogens is 273 g/mol. The van der Waals surface area contributed by atoms with Crippen LogP contribution in [0, 0.1) is 5.82 Å². The van der Waals surface area contributed by atoms with Crippen molar-refractivity contribution in [3.05, 3.63) is 70.0 Å². The summed E-state index contributed by atoms with van der Waals surface area (Å²) in [5.74, 6) is -0.235. The van der Waals surface area contributed by atoms with Gasteiger partial charge in [-0.1, -0.05) is 41.9 Å². The van der Waals surface area contributed by atoms with Gasteiger partial charge in [0.05, 0.1) is 0 Å².